The number of nitro groups is 2. The van der Waals surface area contributed by atoms with Gasteiger partial charge in [-0.25, -0.2) is 0 Å². The van der Waals surface area contributed by atoms with Crippen LogP contribution in [-0.2, 0) is 6.18 Å². The Morgan fingerprint density at radius 2 is 1.42 bits per heavy atom. The summed E-state index contributed by atoms with van der Waals surface area (Å²) in [6.07, 6.45) is -4.95. The summed E-state index contributed by atoms with van der Waals surface area (Å²) in [5.74, 6) is 0. The number of rotatable bonds is 4. The van der Waals surface area contributed by atoms with Crippen LogP contribution in [0.25, 0.3) is 0 Å². The molecule has 2 rings (SSSR count). The summed E-state index contributed by atoms with van der Waals surface area (Å²) < 4.78 is 38.4. The summed E-state index contributed by atoms with van der Waals surface area (Å²) in [6.45, 7) is 1.78. The van der Waals surface area contributed by atoms with Crippen molar-refractivity contribution in [3.63, 3.8) is 0 Å². The van der Waals surface area contributed by atoms with E-state index in [0.717, 1.165) is 5.56 Å². The molecule has 0 spiro atoms. The number of hydrogen-bond acceptors (Lipinski definition) is 5. The van der Waals surface area contributed by atoms with Crippen molar-refractivity contribution in [2.24, 2.45) is 0 Å². The molecule has 0 fully saturated rings. The third kappa shape index (κ3) is 3.59. The molecule has 2 aromatic rings. The van der Waals surface area contributed by atoms with Crippen LogP contribution >= 0.6 is 0 Å². The zero-order chi connectivity index (χ0) is 18.1. The first-order chi connectivity index (χ1) is 11.1. The highest BCUT2D eigenvalue weighted by Gasteiger charge is 2.37. The summed E-state index contributed by atoms with van der Waals surface area (Å²) in [5, 5.41) is 24.7. The van der Waals surface area contributed by atoms with E-state index in [2.05, 4.69) is 5.32 Å². The predicted octanol–water partition coefficient (Wildman–Crippen LogP) is 4.57. The van der Waals surface area contributed by atoms with Gasteiger partial charge in [0.2, 0.25) is 0 Å². The normalized spacial score (nSPS) is 11.2. The van der Waals surface area contributed by atoms with Crippen LogP contribution < -0.4 is 5.32 Å². The standard InChI is InChI=1S/C14H10F3N3O4/c1-8-2-4-10(5-3-8)18-13-11(19(21)22)6-9(14(15,16)17)7-12(13)20(23)24/h2-7,18H,1H3. The molecule has 0 heterocycles. The molecule has 0 saturated carbocycles. The molecule has 0 amide bonds. The van der Waals surface area contributed by atoms with Gasteiger partial charge in [0.15, 0.2) is 5.69 Å². The lowest BCUT2D eigenvalue weighted by Crippen LogP contribution is -2.09. The number of nitrogens with one attached hydrogen (secondary N) is 1. The summed E-state index contributed by atoms with van der Waals surface area (Å²) in [6, 6.07) is 6.82. The van der Waals surface area contributed by atoms with Crippen LogP contribution in [0.2, 0.25) is 0 Å². The molecule has 126 valence electrons. The number of nitrogens with zero attached hydrogens (tertiary/aromatic N) is 2. The van der Waals surface area contributed by atoms with Gasteiger partial charge in [0.05, 0.1) is 15.4 Å². The molecule has 2 aromatic carbocycles. The Morgan fingerprint density at radius 3 is 1.79 bits per heavy atom. The van der Waals surface area contributed by atoms with Crippen molar-refractivity contribution in [3.8, 4) is 0 Å². The van der Waals surface area contributed by atoms with Gasteiger partial charge in [0.1, 0.15) is 0 Å². The molecule has 10 heteroatoms. The number of halogens is 3. The van der Waals surface area contributed by atoms with E-state index in [1.165, 1.54) is 12.1 Å². The zero-order valence-corrected chi connectivity index (χ0v) is 12.1. The highest BCUT2D eigenvalue weighted by atomic mass is 19.4. The van der Waals surface area contributed by atoms with E-state index in [4.69, 9.17) is 0 Å². The number of hydrogen-bond donors (Lipinski definition) is 1. The molecule has 0 bridgehead atoms. The van der Waals surface area contributed by atoms with Gasteiger partial charge in [-0.1, -0.05) is 17.7 Å². The molecule has 0 aliphatic carbocycles. The van der Waals surface area contributed by atoms with E-state index >= 15 is 0 Å². The second kappa shape index (κ2) is 6.14. The fourth-order valence-corrected chi connectivity index (χ4v) is 1.97. The second-order valence-electron chi connectivity index (χ2n) is 4.89. The number of aryl methyl sites for hydroxylation is 1. The van der Waals surface area contributed by atoms with Crippen LogP contribution in [0.15, 0.2) is 36.4 Å². The highest BCUT2D eigenvalue weighted by molar-refractivity contribution is 5.79. The summed E-state index contributed by atoms with van der Waals surface area (Å²) in [7, 11) is 0. The number of nitro benzene ring substituents is 2. The predicted molar refractivity (Wildman–Crippen MR) is 79.2 cm³/mol. The first-order valence-corrected chi connectivity index (χ1v) is 6.47. The maximum atomic E-state index is 12.8. The third-order valence-electron chi connectivity index (χ3n) is 3.14. The van der Waals surface area contributed by atoms with Crippen molar-refractivity contribution in [2.45, 2.75) is 13.1 Å². The third-order valence-corrected chi connectivity index (χ3v) is 3.14. The van der Waals surface area contributed by atoms with Gasteiger partial charge in [0, 0.05) is 17.8 Å². The van der Waals surface area contributed by atoms with Gasteiger partial charge in [-0.3, -0.25) is 20.2 Å². The molecule has 1 N–H and O–H groups in total. The summed E-state index contributed by atoms with van der Waals surface area (Å²) in [5.41, 5.74) is -2.99. The van der Waals surface area contributed by atoms with Gasteiger partial charge < -0.3 is 5.32 Å². The molecule has 0 unspecified atom stereocenters. The van der Waals surface area contributed by atoms with E-state index in [1.807, 2.05) is 0 Å². The van der Waals surface area contributed by atoms with Crippen molar-refractivity contribution in [1.29, 1.82) is 0 Å². The zero-order valence-electron chi connectivity index (χ0n) is 12.1. The molecule has 24 heavy (non-hydrogen) atoms. The smallest absolute Gasteiger partial charge is 0.344 e. The Labute approximate surface area is 133 Å². The number of anilines is 2. The second-order valence-corrected chi connectivity index (χ2v) is 4.89. The molecule has 7 nitrogen and oxygen atoms in total. The van der Waals surface area contributed by atoms with E-state index in [9.17, 15) is 33.4 Å². The van der Waals surface area contributed by atoms with Gasteiger partial charge in [-0.05, 0) is 19.1 Å². The lowest BCUT2D eigenvalue weighted by molar-refractivity contribution is -0.392. The Kier molecular flexibility index (Phi) is 4.40. The minimum absolute atomic E-state index is 0.267. The van der Waals surface area contributed by atoms with Gasteiger partial charge >= 0.3 is 6.18 Å². The Hall–Kier alpha value is -3.17. The first kappa shape index (κ1) is 17.2. The SMILES string of the molecule is Cc1ccc(Nc2c([N+](=O)[O-])cc(C(F)(F)F)cc2[N+](=O)[O-])cc1. The Bertz CT molecular complexity index is 769. The number of benzene rings is 2. The molecule has 0 aliphatic heterocycles. The van der Waals surface area contributed by atoms with Gasteiger partial charge in [-0.2, -0.15) is 13.2 Å². The molecule has 0 saturated heterocycles. The molecule has 0 radical (unpaired) electrons. The quantitative estimate of drug-likeness (QED) is 0.648. The van der Waals surface area contributed by atoms with Crippen molar-refractivity contribution in [3.05, 3.63) is 67.8 Å². The van der Waals surface area contributed by atoms with Crippen LogP contribution in [0.4, 0.5) is 35.9 Å². The lowest BCUT2D eigenvalue weighted by atomic mass is 10.1. The van der Waals surface area contributed by atoms with Crippen LogP contribution in [0.3, 0.4) is 0 Å². The van der Waals surface area contributed by atoms with Gasteiger partial charge in [0.25, 0.3) is 11.4 Å². The van der Waals surface area contributed by atoms with Crippen LogP contribution in [-0.4, -0.2) is 9.85 Å². The lowest BCUT2D eigenvalue weighted by Gasteiger charge is -2.11. The monoisotopic (exact) mass is 341 g/mol. The van der Waals surface area contributed by atoms with Crippen molar-refractivity contribution in [2.75, 3.05) is 5.32 Å². The molecule has 0 aliphatic rings. The largest absolute Gasteiger partial charge is 0.416 e. The average Bonchev–Trinajstić information content (AvgIpc) is 2.48. The van der Waals surface area contributed by atoms with E-state index in [-0.39, 0.29) is 17.8 Å². The van der Waals surface area contributed by atoms with E-state index in [0.29, 0.717) is 0 Å². The molecular formula is C14H10F3N3O4. The fraction of sp³-hybridized carbons (Fsp3) is 0.143. The van der Waals surface area contributed by atoms with E-state index in [1.54, 1.807) is 19.1 Å². The van der Waals surface area contributed by atoms with Gasteiger partial charge in [-0.15, -0.1) is 0 Å². The first-order valence-electron chi connectivity index (χ1n) is 6.47. The molecular weight excluding hydrogens is 331 g/mol. The number of alkyl halides is 3. The maximum absolute atomic E-state index is 12.8. The highest BCUT2D eigenvalue weighted by Crippen LogP contribution is 2.42. The Balaban J connectivity index is 2.65. The van der Waals surface area contributed by atoms with E-state index < -0.39 is 38.6 Å². The average molecular weight is 341 g/mol. The minimum Gasteiger partial charge on any atom is -0.344 e. The minimum atomic E-state index is -4.95. The summed E-state index contributed by atoms with van der Waals surface area (Å²) in [4.78, 5) is 20.0. The maximum Gasteiger partial charge on any atom is 0.416 e. The van der Waals surface area contributed by atoms with Crippen molar-refractivity contribution >= 4 is 22.7 Å². The van der Waals surface area contributed by atoms with Crippen LogP contribution in [0, 0.1) is 27.2 Å². The van der Waals surface area contributed by atoms with Crippen molar-refractivity contribution in [1.82, 2.24) is 0 Å². The molecule has 0 atom stereocenters. The summed E-state index contributed by atoms with van der Waals surface area (Å²) >= 11 is 0. The Morgan fingerprint density at radius 1 is 0.958 bits per heavy atom. The van der Waals surface area contributed by atoms with Crippen LogP contribution in [0.1, 0.15) is 11.1 Å². The fourth-order valence-electron chi connectivity index (χ4n) is 1.97. The topological polar surface area (TPSA) is 98.3 Å². The van der Waals surface area contributed by atoms with Crippen LogP contribution in [0.5, 0.6) is 0 Å². The van der Waals surface area contributed by atoms with Crippen molar-refractivity contribution < 1.29 is 23.0 Å². The molecule has 0 aromatic heterocycles.